The first-order chi connectivity index (χ1) is 8.63. The summed E-state index contributed by atoms with van der Waals surface area (Å²) >= 11 is 0. The highest BCUT2D eigenvalue weighted by molar-refractivity contribution is 6.24. The molecule has 1 atom stereocenters. The predicted molar refractivity (Wildman–Crippen MR) is 70.6 cm³/mol. The van der Waals surface area contributed by atoms with Crippen LogP contribution >= 0.6 is 0 Å². The zero-order valence-electron chi connectivity index (χ0n) is 10.7. The van der Waals surface area contributed by atoms with Gasteiger partial charge in [0, 0.05) is 23.7 Å². The number of Topliss-reactive ketones (excluding diaryl/α,β-unsaturated/α-hetero) is 1. The van der Waals surface area contributed by atoms with Crippen LogP contribution in [-0.2, 0) is 0 Å². The summed E-state index contributed by atoms with van der Waals surface area (Å²) in [5.41, 5.74) is 1.41. The van der Waals surface area contributed by atoms with E-state index in [9.17, 15) is 9.59 Å². The lowest BCUT2D eigenvalue weighted by Gasteiger charge is -2.18. The van der Waals surface area contributed by atoms with Gasteiger partial charge in [-0.25, -0.2) is 0 Å². The Balaban J connectivity index is 2.21. The van der Waals surface area contributed by atoms with Crippen molar-refractivity contribution in [2.75, 3.05) is 6.54 Å². The molecular formula is C15H17NO2. The fourth-order valence-electron chi connectivity index (χ4n) is 1.88. The molecule has 2 rings (SSSR count). The number of hydrogen-bond acceptors (Lipinski definition) is 3. The molecule has 94 valence electrons. The van der Waals surface area contributed by atoms with Crippen LogP contribution in [0.1, 0.15) is 41.0 Å². The molecule has 0 radical (unpaired) electrons. The van der Waals surface area contributed by atoms with E-state index in [2.05, 4.69) is 19.2 Å². The molecule has 0 heterocycles. The minimum atomic E-state index is -0.100. The van der Waals surface area contributed by atoms with Gasteiger partial charge in [0.25, 0.3) is 0 Å². The molecule has 3 nitrogen and oxygen atoms in total. The molecule has 0 fully saturated rings. The number of hydrogen-bond donors (Lipinski definition) is 1. The van der Waals surface area contributed by atoms with Crippen molar-refractivity contribution in [1.82, 2.24) is 5.32 Å². The quantitative estimate of drug-likeness (QED) is 0.884. The smallest absolute Gasteiger partial charge is 0.209 e. The van der Waals surface area contributed by atoms with Gasteiger partial charge in [-0.1, -0.05) is 44.5 Å². The Bertz CT molecular complexity index is 517. The lowest BCUT2D eigenvalue weighted by molar-refractivity contribution is 0.0977. The Labute approximate surface area is 107 Å². The maximum absolute atomic E-state index is 12.2. The van der Waals surface area contributed by atoms with Gasteiger partial charge >= 0.3 is 0 Å². The topological polar surface area (TPSA) is 46.2 Å². The maximum Gasteiger partial charge on any atom is 0.209 e. The molecule has 3 heteroatoms. The highest BCUT2D eigenvalue weighted by atomic mass is 16.1. The SMILES string of the molecule is CCC(C)CNC1=CC(=O)c2ccccc2C1=O. The van der Waals surface area contributed by atoms with Crippen molar-refractivity contribution >= 4 is 11.6 Å². The summed E-state index contributed by atoms with van der Waals surface area (Å²) < 4.78 is 0. The molecule has 18 heavy (non-hydrogen) atoms. The third-order valence-corrected chi connectivity index (χ3v) is 3.30. The summed E-state index contributed by atoms with van der Waals surface area (Å²) in [5.74, 6) is 0.288. The summed E-state index contributed by atoms with van der Waals surface area (Å²) in [7, 11) is 0. The highest BCUT2D eigenvalue weighted by Gasteiger charge is 2.24. The summed E-state index contributed by atoms with van der Waals surface area (Å²) in [6, 6.07) is 6.95. The fourth-order valence-corrected chi connectivity index (χ4v) is 1.88. The first-order valence-electron chi connectivity index (χ1n) is 6.27. The van der Waals surface area contributed by atoms with Crippen LogP contribution < -0.4 is 5.32 Å². The van der Waals surface area contributed by atoms with Crippen molar-refractivity contribution in [3.05, 3.63) is 47.2 Å². The predicted octanol–water partition coefficient (Wildman–Crippen LogP) is 2.59. The molecule has 1 unspecified atom stereocenters. The Morgan fingerprint density at radius 3 is 2.50 bits per heavy atom. The molecule has 0 bridgehead atoms. The van der Waals surface area contributed by atoms with E-state index in [0.717, 1.165) is 6.42 Å². The van der Waals surface area contributed by atoms with Gasteiger partial charge in [-0.05, 0) is 5.92 Å². The van der Waals surface area contributed by atoms with Gasteiger partial charge < -0.3 is 5.32 Å². The molecule has 0 saturated carbocycles. The average Bonchev–Trinajstić information content (AvgIpc) is 2.41. The number of benzene rings is 1. The Kier molecular flexibility index (Phi) is 3.60. The molecule has 0 saturated heterocycles. The summed E-state index contributed by atoms with van der Waals surface area (Å²) in [5, 5.41) is 3.08. The van der Waals surface area contributed by atoms with Crippen LogP contribution in [0, 0.1) is 5.92 Å². The molecule has 1 aliphatic rings. The molecule has 0 aliphatic heterocycles. The first-order valence-corrected chi connectivity index (χ1v) is 6.27. The van der Waals surface area contributed by atoms with Gasteiger partial charge in [-0.3, -0.25) is 9.59 Å². The highest BCUT2D eigenvalue weighted by Crippen LogP contribution is 2.19. The van der Waals surface area contributed by atoms with Crippen molar-refractivity contribution in [2.24, 2.45) is 5.92 Å². The molecule has 1 N–H and O–H groups in total. The number of carbonyl (C=O) groups is 2. The average molecular weight is 243 g/mol. The van der Waals surface area contributed by atoms with Crippen LogP contribution in [0.3, 0.4) is 0 Å². The molecule has 0 aromatic heterocycles. The number of carbonyl (C=O) groups excluding carboxylic acids is 2. The molecule has 1 aromatic rings. The number of rotatable bonds is 4. The number of allylic oxidation sites excluding steroid dienone is 2. The Morgan fingerprint density at radius 1 is 1.17 bits per heavy atom. The van der Waals surface area contributed by atoms with Crippen LogP contribution in [0.5, 0.6) is 0 Å². The third-order valence-electron chi connectivity index (χ3n) is 3.30. The van der Waals surface area contributed by atoms with E-state index in [1.807, 2.05) is 0 Å². The molecule has 0 spiro atoms. The monoisotopic (exact) mass is 243 g/mol. The Hall–Kier alpha value is -1.90. The minimum absolute atomic E-state index is 0.0893. The van der Waals surface area contributed by atoms with Crippen LogP contribution in [0.15, 0.2) is 36.0 Å². The van der Waals surface area contributed by atoms with Gasteiger partial charge in [-0.15, -0.1) is 0 Å². The molecular weight excluding hydrogens is 226 g/mol. The largest absolute Gasteiger partial charge is 0.381 e. The fraction of sp³-hybridized carbons (Fsp3) is 0.333. The van der Waals surface area contributed by atoms with Crippen molar-refractivity contribution < 1.29 is 9.59 Å². The number of fused-ring (bicyclic) bond motifs is 1. The third kappa shape index (κ3) is 2.35. The van der Waals surface area contributed by atoms with Gasteiger partial charge in [-0.2, -0.15) is 0 Å². The van der Waals surface area contributed by atoms with Crippen LogP contribution in [0.4, 0.5) is 0 Å². The van der Waals surface area contributed by atoms with E-state index in [1.165, 1.54) is 6.08 Å². The number of nitrogens with one attached hydrogen (secondary N) is 1. The second-order valence-electron chi connectivity index (χ2n) is 4.69. The second-order valence-corrected chi connectivity index (χ2v) is 4.69. The summed E-state index contributed by atoms with van der Waals surface area (Å²) in [6.45, 7) is 4.92. The minimum Gasteiger partial charge on any atom is -0.381 e. The first kappa shape index (κ1) is 12.6. The Morgan fingerprint density at radius 2 is 1.83 bits per heavy atom. The van der Waals surface area contributed by atoms with Gasteiger partial charge in [0.1, 0.15) is 0 Å². The summed E-state index contributed by atoms with van der Waals surface area (Å²) in [6.07, 6.45) is 2.45. The molecule has 1 aromatic carbocycles. The van der Waals surface area contributed by atoms with Crippen molar-refractivity contribution in [3.63, 3.8) is 0 Å². The van der Waals surface area contributed by atoms with E-state index in [4.69, 9.17) is 0 Å². The van der Waals surface area contributed by atoms with Crippen molar-refractivity contribution in [2.45, 2.75) is 20.3 Å². The normalized spacial score (nSPS) is 16.0. The maximum atomic E-state index is 12.2. The van der Waals surface area contributed by atoms with E-state index in [1.54, 1.807) is 24.3 Å². The standard InChI is InChI=1S/C15H17NO2/c1-3-10(2)9-16-13-8-14(17)11-6-4-5-7-12(11)15(13)18/h4-8,10,16H,3,9H2,1-2H3. The van der Waals surface area contributed by atoms with E-state index in [0.29, 0.717) is 29.3 Å². The summed E-state index contributed by atoms with van der Waals surface area (Å²) in [4.78, 5) is 24.1. The lowest BCUT2D eigenvalue weighted by Crippen LogP contribution is -2.29. The zero-order valence-corrected chi connectivity index (χ0v) is 10.7. The lowest BCUT2D eigenvalue weighted by atomic mass is 9.92. The van der Waals surface area contributed by atoms with Crippen LogP contribution in [0.25, 0.3) is 0 Å². The van der Waals surface area contributed by atoms with Crippen molar-refractivity contribution in [3.8, 4) is 0 Å². The van der Waals surface area contributed by atoms with Crippen LogP contribution in [0.2, 0.25) is 0 Å². The van der Waals surface area contributed by atoms with E-state index >= 15 is 0 Å². The molecule has 0 amide bonds. The van der Waals surface area contributed by atoms with Gasteiger partial charge in [0.2, 0.25) is 5.78 Å². The second kappa shape index (κ2) is 5.17. The van der Waals surface area contributed by atoms with E-state index < -0.39 is 0 Å². The van der Waals surface area contributed by atoms with Gasteiger partial charge in [0.15, 0.2) is 5.78 Å². The van der Waals surface area contributed by atoms with Crippen molar-refractivity contribution in [1.29, 1.82) is 0 Å². The van der Waals surface area contributed by atoms with Gasteiger partial charge in [0.05, 0.1) is 5.70 Å². The van der Waals surface area contributed by atoms with Crippen LogP contribution in [-0.4, -0.2) is 18.1 Å². The molecule has 1 aliphatic carbocycles. The number of ketones is 2. The van der Waals surface area contributed by atoms with E-state index in [-0.39, 0.29) is 11.6 Å². The zero-order chi connectivity index (χ0) is 13.1.